The van der Waals surface area contributed by atoms with Crippen LogP contribution in [-0.4, -0.2) is 12.6 Å². The monoisotopic (exact) mass is 420 g/mol. The summed E-state index contributed by atoms with van der Waals surface area (Å²) in [7, 11) is 1.53. The molecule has 0 radical (unpaired) electrons. The molecule has 0 bridgehead atoms. The average Bonchev–Trinajstić information content (AvgIpc) is 2.72. The number of anilines is 2. The topological polar surface area (TPSA) is 33.3 Å². The van der Waals surface area contributed by atoms with Crippen molar-refractivity contribution in [2.75, 3.05) is 17.7 Å². The van der Waals surface area contributed by atoms with Crippen molar-refractivity contribution in [3.05, 3.63) is 83.4 Å². The van der Waals surface area contributed by atoms with Crippen molar-refractivity contribution < 1.29 is 13.5 Å². The van der Waals surface area contributed by atoms with E-state index in [9.17, 15) is 8.78 Å². The number of allylic oxidation sites excluding steroid dienone is 1. The predicted octanol–water partition coefficient (Wildman–Crippen LogP) is 6.86. The van der Waals surface area contributed by atoms with Crippen LogP contribution in [0, 0.1) is 11.6 Å². The van der Waals surface area contributed by atoms with Gasteiger partial charge in [0.25, 0.3) is 0 Å². The number of nitrogens with one attached hydrogen (secondary N) is 2. The van der Waals surface area contributed by atoms with E-state index in [0.29, 0.717) is 18.0 Å². The van der Waals surface area contributed by atoms with E-state index in [2.05, 4.69) is 37.5 Å². The van der Waals surface area contributed by atoms with Gasteiger partial charge in [0.2, 0.25) is 0 Å². The quantitative estimate of drug-likeness (QED) is 0.473. The van der Waals surface area contributed by atoms with E-state index in [1.54, 1.807) is 24.3 Å². The van der Waals surface area contributed by atoms with Gasteiger partial charge >= 0.3 is 0 Å². The van der Waals surface area contributed by atoms with Crippen LogP contribution in [0.15, 0.2) is 60.7 Å². The molecule has 3 aromatic rings. The Hall–Kier alpha value is -3.34. The van der Waals surface area contributed by atoms with Crippen molar-refractivity contribution in [1.82, 2.24) is 0 Å². The first kappa shape index (κ1) is 20.9. The minimum absolute atomic E-state index is 0.178. The summed E-state index contributed by atoms with van der Waals surface area (Å²) in [4.78, 5) is 0. The van der Waals surface area contributed by atoms with E-state index in [0.717, 1.165) is 33.5 Å². The lowest BCUT2D eigenvalue weighted by molar-refractivity contribution is 0.413. The van der Waals surface area contributed by atoms with Crippen LogP contribution in [0.1, 0.15) is 31.9 Å². The van der Waals surface area contributed by atoms with Crippen LogP contribution in [0.5, 0.6) is 5.75 Å². The van der Waals surface area contributed by atoms with Crippen LogP contribution in [0.4, 0.5) is 20.2 Å². The van der Waals surface area contributed by atoms with Gasteiger partial charge < -0.3 is 15.4 Å². The van der Waals surface area contributed by atoms with Crippen molar-refractivity contribution in [3.63, 3.8) is 0 Å². The van der Waals surface area contributed by atoms with Crippen LogP contribution in [0.25, 0.3) is 16.7 Å². The predicted molar refractivity (Wildman–Crippen MR) is 123 cm³/mol. The van der Waals surface area contributed by atoms with Crippen molar-refractivity contribution in [2.45, 2.75) is 32.9 Å². The molecular formula is C26H26F2N2O. The Bertz CT molecular complexity index is 1170. The fraction of sp³-hybridized carbons (Fsp3) is 0.231. The van der Waals surface area contributed by atoms with Crippen LogP contribution in [0.3, 0.4) is 0 Å². The highest BCUT2D eigenvalue weighted by molar-refractivity contribution is 5.88. The van der Waals surface area contributed by atoms with Gasteiger partial charge in [-0.1, -0.05) is 24.3 Å². The minimum atomic E-state index is -0.357. The number of hydrogen-bond acceptors (Lipinski definition) is 3. The molecule has 1 heterocycles. The fourth-order valence-electron chi connectivity index (χ4n) is 4.31. The summed E-state index contributed by atoms with van der Waals surface area (Å²) >= 11 is 0. The molecule has 0 fully saturated rings. The van der Waals surface area contributed by atoms with Gasteiger partial charge in [-0.2, -0.15) is 0 Å². The zero-order valence-corrected chi connectivity index (χ0v) is 18.1. The summed E-state index contributed by atoms with van der Waals surface area (Å²) in [5.74, 6) is -0.207. The van der Waals surface area contributed by atoms with E-state index < -0.39 is 0 Å². The molecule has 0 aliphatic carbocycles. The smallest absolute Gasteiger partial charge is 0.146 e. The molecule has 3 nitrogen and oxygen atoms in total. The Balaban J connectivity index is 1.88. The van der Waals surface area contributed by atoms with Gasteiger partial charge in [-0.15, -0.1) is 0 Å². The van der Waals surface area contributed by atoms with Crippen LogP contribution in [0.2, 0.25) is 0 Å². The Morgan fingerprint density at radius 1 is 1.00 bits per heavy atom. The van der Waals surface area contributed by atoms with E-state index in [4.69, 9.17) is 4.74 Å². The highest BCUT2D eigenvalue weighted by Crippen LogP contribution is 2.42. The molecule has 0 saturated carbocycles. The number of methoxy groups -OCH3 is 1. The maximum Gasteiger partial charge on any atom is 0.146 e. The van der Waals surface area contributed by atoms with Crippen LogP contribution in [-0.2, 0) is 6.54 Å². The van der Waals surface area contributed by atoms with Gasteiger partial charge in [-0.3, -0.25) is 0 Å². The molecule has 0 aromatic heterocycles. The molecular weight excluding hydrogens is 394 g/mol. The number of ether oxygens (including phenoxy) is 1. The fourth-order valence-corrected chi connectivity index (χ4v) is 4.31. The average molecular weight is 421 g/mol. The number of halogens is 2. The summed E-state index contributed by atoms with van der Waals surface area (Å²) in [5, 5.41) is 6.80. The largest absolute Gasteiger partial charge is 0.496 e. The van der Waals surface area contributed by atoms with Crippen molar-refractivity contribution >= 4 is 16.9 Å². The Morgan fingerprint density at radius 2 is 1.74 bits per heavy atom. The molecule has 4 rings (SSSR count). The number of fused-ring (bicyclic) bond motifs is 1. The highest BCUT2D eigenvalue weighted by atomic mass is 19.1. The first-order valence-corrected chi connectivity index (χ1v) is 10.3. The maximum atomic E-state index is 14.2. The zero-order valence-electron chi connectivity index (χ0n) is 18.1. The summed E-state index contributed by atoms with van der Waals surface area (Å²) in [5.41, 5.74) is 6.15. The van der Waals surface area contributed by atoms with E-state index in [1.165, 1.54) is 25.3 Å². The Labute approximate surface area is 181 Å². The standard InChI is InChI=1S/C26H26F2N2O/c1-16-14-26(2,3)30-23-12-11-18(19-10-9-17(27)13-24(19)31-4)20(25(16)23)15-29-22-8-6-5-7-21(22)28/h5-14,29-30H,15H2,1-4H3. The highest BCUT2D eigenvalue weighted by Gasteiger charge is 2.26. The summed E-state index contributed by atoms with van der Waals surface area (Å²) in [6.07, 6.45) is 2.19. The molecule has 0 unspecified atom stereocenters. The second-order valence-corrected chi connectivity index (χ2v) is 8.37. The van der Waals surface area contributed by atoms with Gasteiger partial charge in [0.15, 0.2) is 0 Å². The molecule has 0 atom stereocenters. The molecule has 0 amide bonds. The van der Waals surface area contributed by atoms with Crippen LogP contribution >= 0.6 is 0 Å². The second kappa shape index (κ2) is 8.06. The third-order valence-electron chi connectivity index (χ3n) is 5.52. The molecule has 1 aliphatic rings. The lowest BCUT2D eigenvalue weighted by atomic mass is 9.85. The molecule has 0 spiro atoms. The van der Waals surface area contributed by atoms with Gasteiger partial charge in [0, 0.05) is 29.4 Å². The van der Waals surface area contributed by atoms with Gasteiger partial charge in [0.1, 0.15) is 17.4 Å². The molecule has 3 aromatic carbocycles. The Kier molecular flexibility index (Phi) is 5.44. The van der Waals surface area contributed by atoms with Crippen LogP contribution < -0.4 is 15.4 Å². The molecule has 31 heavy (non-hydrogen) atoms. The number of hydrogen-bond donors (Lipinski definition) is 2. The molecule has 1 aliphatic heterocycles. The molecule has 160 valence electrons. The lowest BCUT2D eigenvalue weighted by Crippen LogP contribution is -2.32. The van der Waals surface area contributed by atoms with Crippen molar-refractivity contribution in [2.24, 2.45) is 0 Å². The molecule has 2 N–H and O–H groups in total. The first-order chi connectivity index (χ1) is 14.8. The van der Waals surface area contributed by atoms with E-state index >= 15 is 0 Å². The number of rotatable bonds is 5. The summed E-state index contributed by atoms with van der Waals surface area (Å²) < 4.78 is 33.6. The number of benzene rings is 3. The van der Waals surface area contributed by atoms with Gasteiger partial charge in [-0.05, 0) is 67.8 Å². The normalized spacial score (nSPS) is 14.3. The van der Waals surface area contributed by atoms with Crippen molar-refractivity contribution in [1.29, 1.82) is 0 Å². The molecule has 5 heteroatoms. The second-order valence-electron chi connectivity index (χ2n) is 8.37. The Morgan fingerprint density at radius 3 is 2.48 bits per heavy atom. The number of para-hydroxylation sites is 1. The first-order valence-electron chi connectivity index (χ1n) is 10.3. The lowest BCUT2D eigenvalue weighted by Gasteiger charge is -2.33. The summed E-state index contributed by atoms with van der Waals surface area (Å²) in [6.45, 7) is 6.72. The van der Waals surface area contributed by atoms with E-state index in [1.807, 2.05) is 12.1 Å². The van der Waals surface area contributed by atoms with Crippen molar-refractivity contribution in [3.8, 4) is 16.9 Å². The minimum Gasteiger partial charge on any atom is -0.496 e. The third-order valence-corrected chi connectivity index (χ3v) is 5.52. The van der Waals surface area contributed by atoms with Gasteiger partial charge in [0.05, 0.1) is 18.3 Å². The summed E-state index contributed by atoms with van der Waals surface area (Å²) in [6, 6.07) is 15.2. The van der Waals surface area contributed by atoms with Gasteiger partial charge in [-0.25, -0.2) is 8.78 Å². The maximum absolute atomic E-state index is 14.2. The third kappa shape index (κ3) is 4.13. The molecule has 0 saturated heterocycles. The zero-order chi connectivity index (χ0) is 22.2. The van der Waals surface area contributed by atoms with E-state index in [-0.39, 0.29) is 17.2 Å². The SMILES string of the molecule is COc1cc(F)ccc1-c1ccc2c(c1CNc1ccccc1F)C(C)=CC(C)(C)N2.